The Hall–Kier alpha value is -1.79. The van der Waals surface area contributed by atoms with Crippen molar-refractivity contribution in [1.82, 2.24) is 10.2 Å². The largest absolute Gasteiger partial charge is 0.454 e. The van der Waals surface area contributed by atoms with Gasteiger partial charge in [-0.15, -0.1) is 11.3 Å². The maximum atomic E-state index is 5.68. The molecule has 0 amide bonds. The molecule has 0 saturated carbocycles. The fourth-order valence-corrected chi connectivity index (χ4v) is 4.63. The summed E-state index contributed by atoms with van der Waals surface area (Å²) in [5.74, 6) is 1.63. The van der Waals surface area contributed by atoms with E-state index in [0.717, 1.165) is 41.6 Å². The van der Waals surface area contributed by atoms with Gasteiger partial charge in [0.1, 0.15) is 0 Å². The smallest absolute Gasteiger partial charge is 0.231 e. The summed E-state index contributed by atoms with van der Waals surface area (Å²) in [6.45, 7) is 4.21. The molecular formula is C18H20N2O2S2. The third-order valence-electron chi connectivity index (χ3n) is 4.62. The standard InChI is InChI=1S/C18H20N2O2S2/c1-2-14-13-6-8-24-17(13)5-7-20(14)18(23)19-10-12-3-4-15-16(9-12)22-11-21-15/h3-4,6,8-9,14H,2,5,7,10-11H2,1H3,(H,19,23)/t14-/m1/s1. The lowest BCUT2D eigenvalue weighted by Crippen LogP contribution is -2.44. The monoisotopic (exact) mass is 360 g/mol. The molecule has 4 nitrogen and oxygen atoms in total. The SMILES string of the molecule is CC[C@@H]1c2ccsc2CCN1C(=S)NCc1ccc2c(c1)OCO2. The second kappa shape index (κ2) is 6.61. The fourth-order valence-electron chi connectivity index (χ4n) is 3.41. The van der Waals surface area contributed by atoms with Gasteiger partial charge >= 0.3 is 0 Å². The van der Waals surface area contributed by atoms with Crippen molar-refractivity contribution in [3.05, 3.63) is 45.6 Å². The average molecular weight is 361 g/mol. The summed E-state index contributed by atoms with van der Waals surface area (Å²) in [7, 11) is 0. The Labute approximate surface area is 151 Å². The van der Waals surface area contributed by atoms with Crippen molar-refractivity contribution in [2.24, 2.45) is 0 Å². The maximum absolute atomic E-state index is 5.68. The van der Waals surface area contributed by atoms with E-state index in [-0.39, 0.29) is 0 Å². The van der Waals surface area contributed by atoms with Crippen molar-refractivity contribution in [3.8, 4) is 11.5 Å². The van der Waals surface area contributed by atoms with E-state index in [9.17, 15) is 0 Å². The van der Waals surface area contributed by atoms with Crippen molar-refractivity contribution >= 4 is 28.7 Å². The van der Waals surface area contributed by atoms with Crippen LogP contribution in [0.1, 0.15) is 35.4 Å². The molecule has 0 radical (unpaired) electrons. The molecule has 1 atom stereocenters. The first-order chi connectivity index (χ1) is 11.8. The van der Waals surface area contributed by atoms with Crippen LogP contribution in [-0.4, -0.2) is 23.4 Å². The topological polar surface area (TPSA) is 33.7 Å². The second-order valence-electron chi connectivity index (χ2n) is 6.01. The second-order valence-corrected chi connectivity index (χ2v) is 7.40. The number of nitrogens with one attached hydrogen (secondary N) is 1. The van der Waals surface area contributed by atoms with Crippen LogP contribution >= 0.6 is 23.6 Å². The highest BCUT2D eigenvalue weighted by atomic mass is 32.1. The zero-order valence-corrected chi connectivity index (χ0v) is 15.2. The number of hydrogen-bond acceptors (Lipinski definition) is 4. The number of benzene rings is 1. The van der Waals surface area contributed by atoms with Gasteiger partial charge in [0.05, 0.1) is 6.04 Å². The molecule has 0 bridgehead atoms. The molecule has 3 heterocycles. The highest BCUT2D eigenvalue weighted by molar-refractivity contribution is 7.80. The number of ether oxygens (including phenoxy) is 2. The van der Waals surface area contributed by atoms with Crippen molar-refractivity contribution in [1.29, 1.82) is 0 Å². The van der Waals surface area contributed by atoms with Crippen LogP contribution < -0.4 is 14.8 Å². The zero-order valence-electron chi connectivity index (χ0n) is 13.6. The highest BCUT2D eigenvalue weighted by Crippen LogP contribution is 2.35. The average Bonchev–Trinajstić information content (AvgIpc) is 3.26. The van der Waals surface area contributed by atoms with Crippen molar-refractivity contribution in [3.63, 3.8) is 0 Å². The van der Waals surface area contributed by atoms with Crippen LogP contribution in [0.25, 0.3) is 0 Å². The van der Waals surface area contributed by atoms with Gasteiger partial charge < -0.3 is 19.7 Å². The third-order valence-corrected chi connectivity index (χ3v) is 6.00. The first kappa shape index (κ1) is 15.7. The molecule has 1 N–H and O–H groups in total. The van der Waals surface area contributed by atoms with Crippen LogP contribution in [0.3, 0.4) is 0 Å². The molecule has 126 valence electrons. The van der Waals surface area contributed by atoms with E-state index in [2.05, 4.69) is 28.6 Å². The number of fused-ring (bicyclic) bond motifs is 2. The molecule has 0 unspecified atom stereocenters. The van der Waals surface area contributed by atoms with E-state index in [0.29, 0.717) is 19.4 Å². The van der Waals surface area contributed by atoms with Crippen LogP contribution in [0.2, 0.25) is 0 Å². The van der Waals surface area contributed by atoms with E-state index in [1.807, 2.05) is 29.5 Å². The van der Waals surface area contributed by atoms with Gasteiger partial charge in [-0.1, -0.05) is 13.0 Å². The van der Waals surface area contributed by atoms with Gasteiger partial charge in [-0.3, -0.25) is 0 Å². The Kier molecular flexibility index (Phi) is 4.33. The van der Waals surface area contributed by atoms with Gasteiger partial charge in [0.2, 0.25) is 6.79 Å². The number of hydrogen-bond donors (Lipinski definition) is 1. The normalized spacial score (nSPS) is 18.4. The van der Waals surface area contributed by atoms with E-state index in [1.165, 1.54) is 10.4 Å². The summed E-state index contributed by atoms with van der Waals surface area (Å²) in [5, 5.41) is 6.44. The molecule has 6 heteroatoms. The van der Waals surface area contributed by atoms with Crippen LogP contribution in [0, 0.1) is 0 Å². The molecule has 0 spiro atoms. The number of rotatable bonds is 3. The van der Waals surface area contributed by atoms with E-state index in [1.54, 1.807) is 0 Å². The number of nitrogens with zero attached hydrogens (tertiary/aromatic N) is 1. The van der Waals surface area contributed by atoms with Gasteiger partial charge in [-0.05, 0) is 59.8 Å². The minimum atomic E-state index is 0.305. The van der Waals surface area contributed by atoms with Crippen molar-refractivity contribution in [2.75, 3.05) is 13.3 Å². The lowest BCUT2D eigenvalue weighted by Gasteiger charge is -2.37. The third kappa shape index (κ3) is 2.84. The van der Waals surface area contributed by atoms with Crippen LogP contribution in [0.5, 0.6) is 11.5 Å². The molecule has 4 rings (SSSR count). The van der Waals surface area contributed by atoms with Gasteiger partial charge in [-0.2, -0.15) is 0 Å². The first-order valence-corrected chi connectivity index (χ1v) is 9.54. The first-order valence-electron chi connectivity index (χ1n) is 8.25. The molecular weight excluding hydrogens is 340 g/mol. The zero-order chi connectivity index (χ0) is 16.5. The van der Waals surface area contributed by atoms with Crippen LogP contribution in [0.4, 0.5) is 0 Å². The Bertz CT molecular complexity index is 759. The van der Waals surface area contributed by atoms with Crippen molar-refractivity contribution < 1.29 is 9.47 Å². The summed E-state index contributed by atoms with van der Waals surface area (Å²) >= 11 is 7.54. The molecule has 1 aromatic carbocycles. The molecule has 0 aliphatic carbocycles. The van der Waals surface area contributed by atoms with Gasteiger partial charge in [0.25, 0.3) is 0 Å². The summed E-state index contributed by atoms with van der Waals surface area (Å²) in [6.07, 6.45) is 2.14. The Morgan fingerprint density at radius 3 is 3.08 bits per heavy atom. The van der Waals surface area contributed by atoms with E-state index >= 15 is 0 Å². The number of thiocarbonyl (C=S) groups is 1. The molecule has 0 fully saturated rings. The van der Waals surface area contributed by atoms with E-state index < -0.39 is 0 Å². The van der Waals surface area contributed by atoms with Gasteiger partial charge in [0, 0.05) is 18.0 Å². The molecule has 2 aromatic rings. The van der Waals surface area contributed by atoms with Crippen molar-refractivity contribution in [2.45, 2.75) is 32.4 Å². The molecule has 1 aromatic heterocycles. The van der Waals surface area contributed by atoms with E-state index in [4.69, 9.17) is 21.7 Å². The van der Waals surface area contributed by atoms with Crippen LogP contribution in [-0.2, 0) is 13.0 Å². The highest BCUT2D eigenvalue weighted by Gasteiger charge is 2.28. The van der Waals surface area contributed by atoms with Gasteiger partial charge in [0.15, 0.2) is 16.6 Å². The Balaban J connectivity index is 1.43. The fraction of sp³-hybridized carbons (Fsp3) is 0.389. The lowest BCUT2D eigenvalue weighted by atomic mass is 9.98. The predicted octanol–water partition coefficient (Wildman–Crippen LogP) is 3.86. The summed E-state index contributed by atoms with van der Waals surface area (Å²) in [5.41, 5.74) is 2.59. The molecule has 0 saturated heterocycles. The molecule has 2 aliphatic rings. The maximum Gasteiger partial charge on any atom is 0.231 e. The summed E-state index contributed by atoms with van der Waals surface area (Å²) < 4.78 is 10.8. The Morgan fingerprint density at radius 2 is 2.21 bits per heavy atom. The quantitative estimate of drug-likeness (QED) is 0.841. The summed E-state index contributed by atoms with van der Waals surface area (Å²) in [6, 6.07) is 8.66. The summed E-state index contributed by atoms with van der Waals surface area (Å²) in [4.78, 5) is 3.84. The predicted molar refractivity (Wildman–Crippen MR) is 99.8 cm³/mol. The molecule has 24 heavy (non-hydrogen) atoms. The minimum absolute atomic E-state index is 0.305. The van der Waals surface area contributed by atoms with Gasteiger partial charge in [-0.25, -0.2) is 0 Å². The number of thiophene rings is 1. The lowest BCUT2D eigenvalue weighted by molar-refractivity contribution is 0.174. The van der Waals surface area contributed by atoms with Crippen LogP contribution in [0.15, 0.2) is 29.6 Å². The minimum Gasteiger partial charge on any atom is -0.454 e. The molecule has 2 aliphatic heterocycles. The Morgan fingerprint density at radius 1 is 1.33 bits per heavy atom.